The molecule has 1 N–H and O–H groups in total. The average Bonchev–Trinajstić information content (AvgIpc) is 2.96. The van der Waals surface area contributed by atoms with Crippen LogP contribution in [-0.2, 0) is 14.3 Å². The third-order valence-electron chi connectivity index (χ3n) is 4.71. The van der Waals surface area contributed by atoms with Crippen molar-refractivity contribution in [3.8, 4) is 17.2 Å². The molecule has 1 aromatic carbocycles. The number of hydrogen-bond acceptors (Lipinski definition) is 7. The maximum atomic E-state index is 12.8. The van der Waals surface area contributed by atoms with Crippen LogP contribution >= 0.6 is 0 Å². The predicted octanol–water partition coefficient (Wildman–Crippen LogP) is 2.81. The minimum absolute atomic E-state index is 0.00868. The molecular weight excluding hydrogens is 378 g/mol. The molecule has 1 heterocycles. The number of nitrogens with zero attached hydrogens (tertiary/aromatic N) is 1. The molecule has 8 nitrogen and oxygen atoms in total. The zero-order valence-corrected chi connectivity index (χ0v) is 17.8. The third kappa shape index (κ3) is 4.48. The number of ketones is 1. The highest BCUT2D eigenvalue weighted by molar-refractivity contribution is 6.08. The zero-order valence-electron chi connectivity index (χ0n) is 17.8. The standard InChI is InChI=1S/C21H29NO7/c1-7-14(23)17-18(22(21(25)19(17)24)8-9-29-12(2)3)13-10-15(26-4)20(28-6)16(11-13)27-5/h10-12,18,24H,7-9H2,1-6H3. The van der Waals surface area contributed by atoms with Crippen molar-refractivity contribution in [1.82, 2.24) is 4.90 Å². The summed E-state index contributed by atoms with van der Waals surface area (Å²) in [6.45, 7) is 5.95. The minimum Gasteiger partial charge on any atom is -0.503 e. The maximum Gasteiger partial charge on any atom is 0.290 e. The van der Waals surface area contributed by atoms with E-state index in [1.165, 1.54) is 26.2 Å². The molecule has 29 heavy (non-hydrogen) atoms. The Balaban J connectivity index is 2.58. The van der Waals surface area contributed by atoms with Crippen molar-refractivity contribution in [2.45, 2.75) is 39.3 Å². The van der Waals surface area contributed by atoms with Gasteiger partial charge in [0.2, 0.25) is 5.75 Å². The fourth-order valence-electron chi connectivity index (χ4n) is 3.35. The quantitative estimate of drug-likeness (QED) is 0.637. The summed E-state index contributed by atoms with van der Waals surface area (Å²) >= 11 is 0. The van der Waals surface area contributed by atoms with Crippen LogP contribution in [0.5, 0.6) is 17.2 Å². The third-order valence-corrected chi connectivity index (χ3v) is 4.71. The van der Waals surface area contributed by atoms with Crippen LogP contribution in [0.3, 0.4) is 0 Å². The van der Waals surface area contributed by atoms with Crippen LogP contribution in [0.1, 0.15) is 38.8 Å². The van der Waals surface area contributed by atoms with Gasteiger partial charge in [0.15, 0.2) is 23.0 Å². The molecule has 1 aromatic rings. The topological polar surface area (TPSA) is 94.5 Å². The van der Waals surface area contributed by atoms with Gasteiger partial charge in [-0.15, -0.1) is 0 Å². The van der Waals surface area contributed by atoms with Crippen LogP contribution in [-0.4, -0.2) is 62.3 Å². The summed E-state index contributed by atoms with van der Waals surface area (Å²) < 4.78 is 21.7. The number of carbonyl (C=O) groups is 2. The Morgan fingerprint density at radius 1 is 1.14 bits per heavy atom. The predicted molar refractivity (Wildman–Crippen MR) is 107 cm³/mol. The second-order valence-corrected chi connectivity index (χ2v) is 6.82. The summed E-state index contributed by atoms with van der Waals surface area (Å²) in [5.74, 6) is -0.256. The molecule has 0 radical (unpaired) electrons. The maximum absolute atomic E-state index is 12.8. The van der Waals surface area contributed by atoms with Crippen LogP contribution in [0.4, 0.5) is 0 Å². The summed E-state index contributed by atoms with van der Waals surface area (Å²) in [6.07, 6.45) is 0.148. The number of rotatable bonds is 10. The number of ether oxygens (including phenoxy) is 4. The summed E-state index contributed by atoms with van der Waals surface area (Å²) in [5, 5.41) is 10.5. The molecule has 0 bridgehead atoms. The van der Waals surface area contributed by atoms with Gasteiger partial charge in [-0.25, -0.2) is 0 Å². The van der Waals surface area contributed by atoms with E-state index in [0.29, 0.717) is 22.8 Å². The van der Waals surface area contributed by atoms with Gasteiger partial charge in [0.1, 0.15) is 0 Å². The lowest BCUT2D eigenvalue weighted by atomic mass is 9.94. The highest BCUT2D eigenvalue weighted by Gasteiger charge is 2.43. The number of hydrogen-bond donors (Lipinski definition) is 1. The van der Waals surface area contributed by atoms with Gasteiger partial charge in [-0.3, -0.25) is 9.59 Å². The van der Waals surface area contributed by atoms with Gasteiger partial charge in [-0.05, 0) is 31.5 Å². The molecule has 0 fully saturated rings. The van der Waals surface area contributed by atoms with Gasteiger partial charge in [-0.2, -0.15) is 0 Å². The second kappa shape index (κ2) is 9.65. The highest BCUT2D eigenvalue weighted by atomic mass is 16.5. The van der Waals surface area contributed by atoms with E-state index < -0.39 is 17.7 Å². The molecule has 0 aliphatic carbocycles. The van der Waals surface area contributed by atoms with E-state index in [2.05, 4.69) is 0 Å². The average molecular weight is 407 g/mol. The molecule has 1 atom stereocenters. The van der Waals surface area contributed by atoms with Crippen LogP contribution in [0, 0.1) is 0 Å². The molecule has 8 heteroatoms. The Morgan fingerprint density at radius 2 is 1.72 bits per heavy atom. The monoisotopic (exact) mass is 407 g/mol. The lowest BCUT2D eigenvalue weighted by Gasteiger charge is -2.28. The minimum atomic E-state index is -0.778. The number of aliphatic hydroxyl groups is 1. The SMILES string of the molecule is CCC(=O)C1=C(O)C(=O)N(CCOC(C)C)C1c1cc(OC)c(OC)c(OC)c1. The Labute approximate surface area is 171 Å². The van der Waals surface area contributed by atoms with Crippen molar-refractivity contribution in [3.05, 3.63) is 29.0 Å². The highest BCUT2D eigenvalue weighted by Crippen LogP contribution is 2.45. The molecule has 0 saturated heterocycles. The van der Waals surface area contributed by atoms with Gasteiger partial charge in [0.05, 0.1) is 45.7 Å². The first kappa shape index (κ1) is 22.5. The normalized spacial score (nSPS) is 16.6. The molecule has 0 saturated carbocycles. The van der Waals surface area contributed by atoms with Crippen LogP contribution in [0.2, 0.25) is 0 Å². The van der Waals surface area contributed by atoms with E-state index >= 15 is 0 Å². The van der Waals surface area contributed by atoms with Crippen molar-refractivity contribution >= 4 is 11.7 Å². The van der Waals surface area contributed by atoms with Crippen molar-refractivity contribution in [2.75, 3.05) is 34.5 Å². The Bertz CT molecular complexity index is 775. The molecule has 1 unspecified atom stereocenters. The molecule has 1 amide bonds. The largest absolute Gasteiger partial charge is 0.503 e. The smallest absolute Gasteiger partial charge is 0.290 e. The molecule has 0 spiro atoms. The number of methoxy groups -OCH3 is 3. The Morgan fingerprint density at radius 3 is 2.17 bits per heavy atom. The Hall–Kier alpha value is -2.74. The van der Waals surface area contributed by atoms with E-state index in [4.69, 9.17) is 18.9 Å². The van der Waals surface area contributed by atoms with Crippen LogP contribution in [0.15, 0.2) is 23.5 Å². The first-order valence-electron chi connectivity index (χ1n) is 9.49. The molecule has 160 valence electrons. The van der Waals surface area contributed by atoms with E-state index in [-0.39, 0.29) is 37.0 Å². The summed E-state index contributed by atoms with van der Waals surface area (Å²) in [7, 11) is 4.47. The van der Waals surface area contributed by atoms with Crippen molar-refractivity contribution < 1.29 is 33.6 Å². The van der Waals surface area contributed by atoms with E-state index in [1.807, 2.05) is 13.8 Å². The van der Waals surface area contributed by atoms with E-state index in [0.717, 1.165) is 0 Å². The van der Waals surface area contributed by atoms with Crippen molar-refractivity contribution in [1.29, 1.82) is 0 Å². The number of carbonyl (C=O) groups excluding carboxylic acids is 2. The Kier molecular flexibility index (Phi) is 7.50. The van der Waals surface area contributed by atoms with Crippen LogP contribution < -0.4 is 14.2 Å². The lowest BCUT2D eigenvalue weighted by Crippen LogP contribution is -2.34. The van der Waals surface area contributed by atoms with E-state index in [1.54, 1.807) is 19.1 Å². The van der Waals surface area contributed by atoms with Gasteiger partial charge < -0.3 is 29.0 Å². The lowest BCUT2D eigenvalue weighted by molar-refractivity contribution is -0.130. The number of aliphatic hydroxyl groups excluding tert-OH is 1. The molecule has 1 aliphatic rings. The van der Waals surface area contributed by atoms with Crippen molar-refractivity contribution in [3.63, 3.8) is 0 Å². The second-order valence-electron chi connectivity index (χ2n) is 6.82. The number of Topliss-reactive ketones (excluding diaryl/α,β-unsaturated/α-hetero) is 1. The molecule has 1 aliphatic heterocycles. The van der Waals surface area contributed by atoms with Crippen LogP contribution in [0.25, 0.3) is 0 Å². The van der Waals surface area contributed by atoms with Gasteiger partial charge in [-0.1, -0.05) is 6.92 Å². The summed E-state index contributed by atoms with van der Waals surface area (Å²) in [6, 6.07) is 2.58. The van der Waals surface area contributed by atoms with Gasteiger partial charge in [0, 0.05) is 13.0 Å². The fraction of sp³-hybridized carbons (Fsp3) is 0.524. The first-order chi connectivity index (χ1) is 13.8. The van der Waals surface area contributed by atoms with Crippen molar-refractivity contribution in [2.24, 2.45) is 0 Å². The molecule has 2 rings (SSSR count). The summed E-state index contributed by atoms with van der Waals surface area (Å²) in [4.78, 5) is 26.8. The number of amides is 1. The summed E-state index contributed by atoms with van der Waals surface area (Å²) in [5.41, 5.74) is 0.634. The zero-order chi connectivity index (χ0) is 21.7. The molecule has 0 aromatic heterocycles. The molecular formula is C21H29NO7. The number of benzene rings is 1. The first-order valence-corrected chi connectivity index (χ1v) is 9.49. The van der Waals surface area contributed by atoms with Gasteiger partial charge in [0.25, 0.3) is 5.91 Å². The van der Waals surface area contributed by atoms with E-state index in [9.17, 15) is 14.7 Å². The fourth-order valence-corrected chi connectivity index (χ4v) is 3.35. The van der Waals surface area contributed by atoms with Gasteiger partial charge >= 0.3 is 0 Å².